The third kappa shape index (κ3) is 3.13. The molecule has 0 spiro atoms. The molecule has 3 nitrogen and oxygen atoms in total. The first kappa shape index (κ1) is 13.6. The molecule has 0 atom stereocenters. The van der Waals surface area contributed by atoms with Crippen LogP contribution in [0, 0.1) is 5.82 Å². The van der Waals surface area contributed by atoms with Gasteiger partial charge in [0.05, 0.1) is 0 Å². The standard InChI is InChI=1S/C15H18FN3/c1-9(2)13-17-14(10(3)4)19-15(18-13)11-5-7-12(16)8-6-11/h5-10H,1-4H3. The number of rotatable bonds is 3. The molecule has 1 aromatic carbocycles. The van der Waals surface area contributed by atoms with Crippen molar-refractivity contribution in [2.24, 2.45) is 0 Å². The second kappa shape index (κ2) is 5.43. The third-order valence-electron chi connectivity index (χ3n) is 2.81. The van der Waals surface area contributed by atoms with Crippen LogP contribution in [-0.2, 0) is 0 Å². The van der Waals surface area contributed by atoms with Gasteiger partial charge in [-0.2, -0.15) is 0 Å². The number of nitrogens with zero attached hydrogens (tertiary/aromatic N) is 3. The molecule has 0 amide bonds. The van der Waals surface area contributed by atoms with Gasteiger partial charge < -0.3 is 0 Å². The van der Waals surface area contributed by atoms with Gasteiger partial charge in [0.15, 0.2) is 5.82 Å². The lowest BCUT2D eigenvalue weighted by Crippen LogP contribution is -2.08. The maximum absolute atomic E-state index is 13.0. The molecule has 0 aliphatic carbocycles. The fourth-order valence-electron chi connectivity index (χ4n) is 1.65. The summed E-state index contributed by atoms with van der Waals surface area (Å²) in [6.45, 7) is 8.20. The first-order chi connectivity index (χ1) is 8.97. The van der Waals surface area contributed by atoms with Crippen LogP contribution in [0.5, 0.6) is 0 Å². The van der Waals surface area contributed by atoms with Gasteiger partial charge in [0.2, 0.25) is 0 Å². The predicted molar refractivity (Wildman–Crippen MR) is 73.4 cm³/mol. The maximum atomic E-state index is 13.0. The maximum Gasteiger partial charge on any atom is 0.163 e. The molecule has 0 unspecified atom stereocenters. The van der Waals surface area contributed by atoms with Crippen molar-refractivity contribution >= 4 is 0 Å². The Morgan fingerprint density at radius 2 is 1.26 bits per heavy atom. The zero-order chi connectivity index (χ0) is 14.0. The summed E-state index contributed by atoms with van der Waals surface area (Å²) in [6, 6.07) is 6.23. The van der Waals surface area contributed by atoms with E-state index in [2.05, 4.69) is 15.0 Å². The molecule has 1 aromatic heterocycles. The van der Waals surface area contributed by atoms with Crippen molar-refractivity contribution in [2.45, 2.75) is 39.5 Å². The van der Waals surface area contributed by atoms with Crippen LogP contribution in [0.15, 0.2) is 24.3 Å². The SMILES string of the molecule is CC(C)c1nc(-c2ccc(F)cc2)nc(C(C)C)n1. The van der Waals surface area contributed by atoms with Crippen LogP contribution in [0.2, 0.25) is 0 Å². The zero-order valence-corrected chi connectivity index (χ0v) is 11.7. The van der Waals surface area contributed by atoms with Crippen molar-refractivity contribution in [1.29, 1.82) is 0 Å². The Labute approximate surface area is 113 Å². The molecule has 19 heavy (non-hydrogen) atoms. The molecule has 0 saturated heterocycles. The van der Waals surface area contributed by atoms with Crippen LogP contribution in [0.25, 0.3) is 11.4 Å². The van der Waals surface area contributed by atoms with E-state index >= 15 is 0 Å². The Balaban J connectivity index is 2.52. The van der Waals surface area contributed by atoms with Gasteiger partial charge in [0.25, 0.3) is 0 Å². The lowest BCUT2D eigenvalue weighted by atomic mass is 10.1. The van der Waals surface area contributed by atoms with Gasteiger partial charge in [0, 0.05) is 17.4 Å². The molecule has 0 aliphatic heterocycles. The number of hydrogen-bond donors (Lipinski definition) is 0. The van der Waals surface area contributed by atoms with Gasteiger partial charge in [0.1, 0.15) is 17.5 Å². The van der Waals surface area contributed by atoms with Crippen molar-refractivity contribution in [3.63, 3.8) is 0 Å². The molecular formula is C15H18FN3. The van der Waals surface area contributed by atoms with Gasteiger partial charge in [-0.3, -0.25) is 0 Å². The van der Waals surface area contributed by atoms with E-state index in [0.717, 1.165) is 17.2 Å². The number of hydrogen-bond acceptors (Lipinski definition) is 3. The summed E-state index contributed by atoms with van der Waals surface area (Å²) in [6.07, 6.45) is 0. The summed E-state index contributed by atoms with van der Waals surface area (Å²) in [4.78, 5) is 13.4. The summed E-state index contributed by atoms with van der Waals surface area (Å²) < 4.78 is 13.0. The van der Waals surface area contributed by atoms with Crippen molar-refractivity contribution < 1.29 is 4.39 Å². The second-order valence-corrected chi connectivity index (χ2v) is 5.19. The number of benzene rings is 1. The molecule has 0 radical (unpaired) electrons. The third-order valence-corrected chi connectivity index (χ3v) is 2.81. The van der Waals surface area contributed by atoms with E-state index in [4.69, 9.17) is 0 Å². The summed E-state index contributed by atoms with van der Waals surface area (Å²) in [5.74, 6) is 2.38. The minimum atomic E-state index is -0.258. The van der Waals surface area contributed by atoms with Crippen molar-refractivity contribution in [1.82, 2.24) is 15.0 Å². The van der Waals surface area contributed by atoms with Gasteiger partial charge in [-0.15, -0.1) is 0 Å². The van der Waals surface area contributed by atoms with Crippen LogP contribution >= 0.6 is 0 Å². The Morgan fingerprint density at radius 3 is 1.68 bits per heavy atom. The molecule has 0 saturated carbocycles. The van der Waals surface area contributed by atoms with E-state index in [0.29, 0.717) is 5.82 Å². The quantitative estimate of drug-likeness (QED) is 0.838. The fraction of sp³-hybridized carbons (Fsp3) is 0.400. The Morgan fingerprint density at radius 1 is 0.789 bits per heavy atom. The minimum absolute atomic E-state index is 0.236. The molecule has 1 heterocycles. The van der Waals surface area contributed by atoms with Gasteiger partial charge in [-0.25, -0.2) is 19.3 Å². The highest BCUT2D eigenvalue weighted by atomic mass is 19.1. The van der Waals surface area contributed by atoms with Crippen LogP contribution < -0.4 is 0 Å². The number of aromatic nitrogens is 3. The van der Waals surface area contributed by atoms with Crippen molar-refractivity contribution in [2.75, 3.05) is 0 Å². The second-order valence-electron chi connectivity index (χ2n) is 5.19. The molecular weight excluding hydrogens is 241 g/mol. The normalized spacial score (nSPS) is 11.3. The fourth-order valence-corrected chi connectivity index (χ4v) is 1.65. The van der Waals surface area contributed by atoms with E-state index in [1.807, 2.05) is 27.7 Å². The first-order valence-corrected chi connectivity index (χ1v) is 6.49. The van der Waals surface area contributed by atoms with E-state index in [9.17, 15) is 4.39 Å². The monoisotopic (exact) mass is 259 g/mol. The summed E-state index contributed by atoms with van der Waals surface area (Å²) in [5.41, 5.74) is 0.813. The highest BCUT2D eigenvalue weighted by molar-refractivity contribution is 5.54. The Kier molecular flexibility index (Phi) is 3.88. The Bertz CT molecular complexity index is 536. The highest BCUT2D eigenvalue weighted by Crippen LogP contribution is 2.20. The average molecular weight is 259 g/mol. The van der Waals surface area contributed by atoms with E-state index in [-0.39, 0.29) is 17.7 Å². The molecule has 100 valence electrons. The lowest BCUT2D eigenvalue weighted by Gasteiger charge is -2.11. The van der Waals surface area contributed by atoms with Gasteiger partial charge in [-0.1, -0.05) is 27.7 Å². The van der Waals surface area contributed by atoms with E-state index in [1.165, 1.54) is 12.1 Å². The summed E-state index contributed by atoms with van der Waals surface area (Å²) in [5, 5.41) is 0. The van der Waals surface area contributed by atoms with E-state index < -0.39 is 0 Å². The van der Waals surface area contributed by atoms with Crippen LogP contribution in [0.1, 0.15) is 51.2 Å². The minimum Gasteiger partial charge on any atom is -0.217 e. The van der Waals surface area contributed by atoms with Gasteiger partial charge >= 0.3 is 0 Å². The topological polar surface area (TPSA) is 38.7 Å². The summed E-state index contributed by atoms with van der Waals surface area (Å²) in [7, 11) is 0. The smallest absolute Gasteiger partial charge is 0.163 e. The number of halogens is 1. The van der Waals surface area contributed by atoms with Crippen LogP contribution in [0.4, 0.5) is 4.39 Å². The van der Waals surface area contributed by atoms with E-state index in [1.54, 1.807) is 12.1 Å². The average Bonchev–Trinajstić information content (AvgIpc) is 2.39. The van der Waals surface area contributed by atoms with Crippen LogP contribution in [-0.4, -0.2) is 15.0 Å². The molecule has 0 bridgehead atoms. The molecule has 4 heteroatoms. The zero-order valence-electron chi connectivity index (χ0n) is 11.7. The molecule has 2 aromatic rings. The first-order valence-electron chi connectivity index (χ1n) is 6.49. The predicted octanol–water partition coefficient (Wildman–Crippen LogP) is 3.92. The molecule has 0 aliphatic rings. The van der Waals surface area contributed by atoms with Gasteiger partial charge in [-0.05, 0) is 24.3 Å². The molecule has 0 N–H and O–H groups in total. The highest BCUT2D eigenvalue weighted by Gasteiger charge is 2.13. The molecule has 2 rings (SSSR count). The van der Waals surface area contributed by atoms with Crippen LogP contribution in [0.3, 0.4) is 0 Å². The summed E-state index contributed by atoms with van der Waals surface area (Å²) >= 11 is 0. The lowest BCUT2D eigenvalue weighted by molar-refractivity contribution is 0.628. The van der Waals surface area contributed by atoms with Crippen molar-refractivity contribution in [3.05, 3.63) is 41.7 Å². The van der Waals surface area contributed by atoms with Crippen molar-refractivity contribution in [3.8, 4) is 11.4 Å². The largest absolute Gasteiger partial charge is 0.217 e. The Hall–Kier alpha value is -1.84. The molecule has 0 fully saturated rings.